The van der Waals surface area contributed by atoms with Crippen LogP contribution in [0.3, 0.4) is 0 Å². The summed E-state index contributed by atoms with van der Waals surface area (Å²) in [5, 5.41) is 1.21. The van der Waals surface area contributed by atoms with Gasteiger partial charge in [-0.3, -0.25) is 4.79 Å². The summed E-state index contributed by atoms with van der Waals surface area (Å²) >= 11 is 0. The summed E-state index contributed by atoms with van der Waals surface area (Å²) in [5.74, 6) is 0.0182. The fraction of sp³-hybridized carbons (Fsp3) is 0.174. The largest absolute Gasteiger partial charge is 0.345 e. The van der Waals surface area contributed by atoms with E-state index in [9.17, 15) is 4.79 Å². The molecule has 3 aromatic rings. The summed E-state index contributed by atoms with van der Waals surface area (Å²) < 4.78 is 2.27. The Balaban J connectivity index is 1.93. The maximum atomic E-state index is 12.4. The molecule has 0 saturated carbocycles. The molecule has 0 radical (unpaired) electrons. The van der Waals surface area contributed by atoms with E-state index in [0.29, 0.717) is 5.56 Å². The molecule has 0 atom stereocenters. The highest BCUT2D eigenvalue weighted by Crippen LogP contribution is 2.32. The van der Waals surface area contributed by atoms with E-state index in [1.807, 2.05) is 18.2 Å². The number of hydrogen-bond acceptors (Lipinski definition) is 1. The lowest BCUT2D eigenvalue weighted by atomic mass is 10.0. The molecular weight excluding hydrogens is 320 g/mol. The molecule has 3 heteroatoms. The lowest BCUT2D eigenvalue weighted by Gasteiger charge is -2.16. The van der Waals surface area contributed by atoms with Crippen LogP contribution in [0.5, 0.6) is 0 Å². The Hall–Kier alpha value is -3.07. The number of hydrogen-bond donors (Lipinski definition) is 0. The molecule has 0 spiro atoms. The Labute approximate surface area is 153 Å². The monoisotopic (exact) mass is 342 g/mol. The highest BCUT2D eigenvalue weighted by atomic mass is 16.2. The summed E-state index contributed by atoms with van der Waals surface area (Å²) in [7, 11) is 3.56. The Morgan fingerprint density at radius 1 is 1.04 bits per heavy atom. The molecule has 0 saturated heterocycles. The second kappa shape index (κ2) is 6.68. The number of fused-ring (bicyclic) bond motifs is 1. The first-order valence-electron chi connectivity index (χ1n) is 8.94. The first-order valence-corrected chi connectivity index (χ1v) is 8.94. The molecule has 0 bridgehead atoms. The van der Waals surface area contributed by atoms with Crippen molar-refractivity contribution in [1.82, 2.24) is 9.47 Å². The normalized spacial score (nSPS) is 13.7. The van der Waals surface area contributed by atoms with Crippen LogP contribution >= 0.6 is 0 Å². The van der Waals surface area contributed by atoms with Crippen molar-refractivity contribution in [3.8, 4) is 5.69 Å². The third-order valence-corrected chi connectivity index (χ3v) is 4.81. The molecule has 1 aliphatic carbocycles. The van der Waals surface area contributed by atoms with E-state index in [4.69, 9.17) is 0 Å². The molecule has 4 rings (SSSR count). The van der Waals surface area contributed by atoms with Crippen LogP contribution < -0.4 is 0 Å². The minimum Gasteiger partial charge on any atom is -0.345 e. The summed E-state index contributed by atoms with van der Waals surface area (Å²) in [4.78, 5) is 14.0. The maximum absolute atomic E-state index is 12.4. The van der Waals surface area contributed by atoms with Gasteiger partial charge in [-0.2, -0.15) is 0 Å². The van der Waals surface area contributed by atoms with Crippen molar-refractivity contribution in [2.24, 2.45) is 0 Å². The predicted octanol–water partition coefficient (Wildman–Crippen LogP) is 5.07. The zero-order chi connectivity index (χ0) is 18.1. The van der Waals surface area contributed by atoms with Crippen LogP contribution in [0.25, 0.3) is 22.2 Å². The van der Waals surface area contributed by atoms with Gasteiger partial charge in [0.2, 0.25) is 0 Å². The van der Waals surface area contributed by atoms with Crippen LogP contribution in [0.15, 0.2) is 72.8 Å². The lowest BCUT2D eigenvalue weighted by molar-refractivity contribution is 0.0827. The van der Waals surface area contributed by atoms with Gasteiger partial charge in [0.05, 0.1) is 11.2 Å². The van der Waals surface area contributed by atoms with Crippen molar-refractivity contribution in [1.29, 1.82) is 0 Å². The molecule has 1 aromatic heterocycles. The highest BCUT2D eigenvalue weighted by Gasteiger charge is 2.16. The van der Waals surface area contributed by atoms with Crippen LogP contribution in [-0.4, -0.2) is 29.5 Å². The summed E-state index contributed by atoms with van der Waals surface area (Å²) in [6, 6.07) is 18.5. The number of para-hydroxylation sites is 1. The smallest absolute Gasteiger partial charge is 0.253 e. The summed E-state index contributed by atoms with van der Waals surface area (Å²) in [5.41, 5.74) is 5.41. The first-order chi connectivity index (χ1) is 12.6. The van der Waals surface area contributed by atoms with E-state index in [-0.39, 0.29) is 5.91 Å². The second-order valence-corrected chi connectivity index (χ2v) is 6.83. The van der Waals surface area contributed by atoms with Gasteiger partial charge in [-0.15, -0.1) is 0 Å². The van der Waals surface area contributed by atoms with Crippen molar-refractivity contribution in [2.75, 3.05) is 14.1 Å². The van der Waals surface area contributed by atoms with Gasteiger partial charge >= 0.3 is 0 Å². The Morgan fingerprint density at radius 3 is 2.65 bits per heavy atom. The van der Waals surface area contributed by atoms with Gasteiger partial charge < -0.3 is 9.47 Å². The van der Waals surface area contributed by atoms with Gasteiger partial charge in [0, 0.05) is 30.7 Å². The number of carbonyl (C=O) groups is 1. The van der Waals surface area contributed by atoms with Crippen molar-refractivity contribution < 1.29 is 4.79 Å². The van der Waals surface area contributed by atoms with Gasteiger partial charge in [-0.25, -0.2) is 0 Å². The molecular formula is C23H22N2O. The van der Waals surface area contributed by atoms with Crippen LogP contribution in [-0.2, 0) is 0 Å². The lowest BCUT2D eigenvalue weighted by Crippen LogP contribution is -2.21. The number of rotatable bonds is 3. The zero-order valence-electron chi connectivity index (χ0n) is 15.1. The van der Waals surface area contributed by atoms with Gasteiger partial charge in [-0.1, -0.05) is 42.5 Å². The minimum absolute atomic E-state index is 0.0182. The average Bonchev–Trinajstić information content (AvgIpc) is 3.07. The molecule has 0 N–H and O–H groups in total. The van der Waals surface area contributed by atoms with E-state index in [1.165, 1.54) is 16.7 Å². The van der Waals surface area contributed by atoms with Crippen molar-refractivity contribution in [2.45, 2.75) is 12.8 Å². The van der Waals surface area contributed by atoms with Crippen LogP contribution in [0.2, 0.25) is 0 Å². The molecule has 0 fully saturated rings. The van der Waals surface area contributed by atoms with Gasteiger partial charge in [-0.05, 0) is 48.7 Å². The SMILES string of the molecule is CN(C)C(=O)c1cccc(-n2c(C3=CC=CCC3)cc3ccccc32)c1. The van der Waals surface area contributed by atoms with Crippen LogP contribution in [0.1, 0.15) is 28.9 Å². The predicted molar refractivity (Wildman–Crippen MR) is 108 cm³/mol. The maximum Gasteiger partial charge on any atom is 0.253 e. The van der Waals surface area contributed by atoms with E-state index in [1.54, 1.807) is 19.0 Å². The third-order valence-electron chi connectivity index (χ3n) is 4.81. The number of carbonyl (C=O) groups excluding carboxylic acids is 1. The number of allylic oxidation sites excluding steroid dienone is 4. The van der Waals surface area contributed by atoms with E-state index in [2.05, 4.69) is 59.2 Å². The quantitative estimate of drug-likeness (QED) is 0.653. The first kappa shape index (κ1) is 16.4. The third kappa shape index (κ3) is 2.86. The minimum atomic E-state index is 0.0182. The Kier molecular flexibility index (Phi) is 4.21. The van der Waals surface area contributed by atoms with Gasteiger partial charge in [0.1, 0.15) is 0 Å². The summed E-state index contributed by atoms with van der Waals surface area (Å²) in [6.45, 7) is 0. The molecule has 2 aromatic carbocycles. The molecule has 1 aliphatic rings. The van der Waals surface area contributed by atoms with E-state index >= 15 is 0 Å². The van der Waals surface area contributed by atoms with E-state index in [0.717, 1.165) is 24.0 Å². The molecule has 1 heterocycles. The Morgan fingerprint density at radius 2 is 1.88 bits per heavy atom. The van der Waals surface area contributed by atoms with Crippen LogP contribution in [0, 0.1) is 0 Å². The molecule has 0 aliphatic heterocycles. The van der Waals surface area contributed by atoms with Gasteiger partial charge in [0.25, 0.3) is 5.91 Å². The second-order valence-electron chi connectivity index (χ2n) is 6.83. The molecule has 26 heavy (non-hydrogen) atoms. The van der Waals surface area contributed by atoms with Crippen molar-refractivity contribution >= 4 is 22.4 Å². The number of nitrogens with zero attached hydrogens (tertiary/aromatic N) is 2. The van der Waals surface area contributed by atoms with Crippen LogP contribution in [0.4, 0.5) is 0 Å². The fourth-order valence-corrected chi connectivity index (χ4v) is 3.52. The van der Waals surface area contributed by atoms with Gasteiger partial charge in [0.15, 0.2) is 0 Å². The van der Waals surface area contributed by atoms with E-state index < -0.39 is 0 Å². The number of benzene rings is 2. The topological polar surface area (TPSA) is 25.2 Å². The standard InChI is InChI=1S/C23H22N2O/c1-24(2)23(26)19-12-8-13-20(15-19)25-21-14-7-6-11-18(21)16-22(25)17-9-4-3-5-10-17/h3-4,6-9,11-16H,5,10H2,1-2H3. The number of amides is 1. The highest BCUT2D eigenvalue weighted by molar-refractivity contribution is 5.95. The molecule has 130 valence electrons. The molecule has 0 unspecified atom stereocenters. The average molecular weight is 342 g/mol. The Bertz CT molecular complexity index is 1040. The molecule has 3 nitrogen and oxygen atoms in total. The zero-order valence-corrected chi connectivity index (χ0v) is 15.1. The fourth-order valence-electron chi connectivity index (χ4n) is 3.52. The van der Waals surface area contributed by atoms with Crippen molar-refractivity contribution in [3.63, 3.8) is 0 Å². The molecule has 1 amide bonds. The number of aromatic nitrogens is 1. The van der Waals surface area contributed by atoms with Crippen molar-refractivity contribution in [3.05, 3.63) is 84.1 Å². The summed E-state index contributed by atoms with van der Waals surface area (Å²) in [6.07, 6.45) is 8.62.